The van der Waals surface area contributed by atoms with Crippen molar-refractivity contribution >= 4 is 0 Å². The Balaban J connectivity index is 2.31. The van der Waals surface area contributed by atoms with E-state index >= 15 is 0 Å². The maximum atomic E-state index is 3.81. The fraction of sp³-hybridized carbons (Fsp3) is 1.00. The van der Waals surface area contributed by atoms with E-state index in [-0.39, 0.29) is 0 Å². The van der Waals surface area contributed by atoms with Crippen molar-refractivity contribution in [3.8, 4) is 0 Å². The summed E-state index contributed by atoms with van der Waals surface area (Å²) in [4.78, 5) is 0. The molecule has 1 fully saturated rings. The van der Waals surface area contributed by atoms with Crippen molar-refractivity contribution in [2.45, 2.75) is 58.4 Å². The second kappa shape index (κ2) is 6.49. The third kappa shape index (κ3) is 3.76. The van der Waals surface area contributed by atoms with Crippen LogP contribution in [0.4, 0.5) is 0 Å². The highest BCUT2D eigenvalue weighted by Gasteiger charge is 2.24. The first-order valence-electron chi connectivity index (χ1n) is 6.72. The Morgan fingerprint density at radius 3 is 2.33 bits per heavy atom. The van der Waals surface area contributed by atoms with E-state index in [4.69, 9.17) is 0 Å². The van der Waals surface area contributed by atoms with Crippen molar-refractivity contribution in [1.82, 2.24) is 10.6 Å². The molecule has 0 aromatic heterocycles. The molecule has 1 atom stereocenters. The van der Waals surface area contributed by atoms with Crippen LogP contribution >= 0.6 is 0 Å². The lowest BCUT2D eigenvalue weighted by Crippen LogP contribution is -2.47. The maximum absolute atomic E-state index is 3.81. The number of nitrogens with one attached hydrogen (secondary N) is 2. The molecule has 0 bridgehead atoms. The number of piperidine rings is 1. The van der Waals surface area contributed by atoms with Crippen LogP contribution in [0.15, 0.2) is 0 Å². The Labute approximate surface area is 95.2 Å². The Hall–Kier alpha value is -0.0800. The van der Waals surface area contributed by atoms with Gasteiger partial charge in [-0.05, 0) is 57.7 Å². The quantitative estimate of drug-likeness (QED) is 0.707. The minimum atomic E-state index is 0.400. The molecule has 1 aliphatic rings. The summed E-state index contributed by atoms with van der Waals surface area (Å²) in [5, 5.41) is 7.30. The van der Waals surface area contributed by atoms with Gasteiger partial charge in [0.25, 0.3) is 0 Å². The Bertz CT molecular complexity index is 150. The van der Waals surface area contributed by atoms with Crippen molar-refractivity contribution < 1.29 is 0 Å². The molecule has 0 amide bonds. The predicted octanol–water partition coefficient (Wildman–Crippen LogP) is 2.54. The van der Waals surface area contributed by atoms with Crippen LogP contribution in [0.3, 0.4) is 0 Å². The molecular formula is C13H28N2. The molecule has 0 saturated carbocycles. The molecule has 90 valence electrons. The fourth-order valence-corrected chi connectivity index (χ4v) is 2.58. The van der Waals surface area contributed by atoms with E-state index in [1.54, 1.807) is 0 Å². The number of hydrogen-bond acceptors (Lipinski definition) is 2. The van der Waals surface area contributed by atoms with Crippen LogP contribution in [0, 0.1) is 5.92 Å². The van der Waals surface area contributed by atoms with Gasteiger partial charge in [0.2, 0.25) is 0 Å². The Morgan fingerprint density at radius 2 is 1.87 bits per heavy atom. The lowest BCUT2D eigenvalue weighted by atomic mass is 9.88. The van der Waals surface area contributed by atoms with Crippen molar-refractivity contribution in [2.75, 3.05) is 19.6 Å². The van der Waals surface area contributed by atoms with Gasteiger partial charge in [-0.25, -0.2) is 0 Å². The van der Waals surface area contributed by atoms with Gasteiger partial charge >= 0.3 is 0 Å². The zero-order valence-corrected chi connectivity index (χ0v) is 10.7. The number of hydrogen-bond donors (Lipinski definition) is 2. The monoisotopic (exact) mass is 212 g/mol. The lowest BCUT2D eigenvalue weighted by Gasteiger charge is -2.35. The molecule has 0 spiro atoms. The number of rotatable bonds is 6. The third-order valence-corrected chi connectivity index (χ3v) is 4.20. The molecule has 2 heteroatoms. The highest BCUT2D eigenvalue weighted by atomic mass is 15.0. The normalized spacial score (nSPS) is 23.0. The van der Waals surface area contributed by atoms with Crippen molar-refractivity contribution in [2.24, 2.45) is 5.92 Å². The van der Waals surface area contributed by atoms with E-state index in [1.807, 2.05) is 0 Å². The minimum Gasteiger partial charge on any atom is -0.316 e. The van der Waals surface area contributed by atoms with Crippen LogP contribution < -0.4 is 10.6 Å². The van der Waals surface area contributed by atoms with E-state index < -0.39 is 0 Å². The molecule has 2 N–H and O–H groups in total. The SMILES string of the molecule is CCC(CC)(CC)NCC1CCCNC1. The lowest BCUT2D eigenvalue weighted by molar-refractivity contribution is 0.252. The molecule has 1 rings (SSSR count). The average Bonchev–Trinajstić information content (AvgIpc) is 2.33. The summed E-state index contributed by atoms with van der Waals surface area (Å²) in [6, 6.07) is 0. The molecule has 0 aromatic carbocycles. The molecule has 1 aliphatic heterocycles. The zero-order valence-electron chi connectivity index (χ0n) is 10.7. The summed E-state index contributed by atoms with van der Waals surface area (Å²) in [6.45, 7) is 10.5. The maximum Gasteiger partial charge on any atom is 0.0173 e. The molecule has 0 aliphatic carbocycles. The molecular weight excluding hydrogens is 184 g/mol. The van der Waals surface area contributed by atoms with E-state index in [0.717, 1.165) is 5.92 Å². The van der Waals surface area contributed by atoms with Crippen LogP contribution in [0.1, 0.15) is 52.9 Å². The van der Waals surface area contributed by atoms with Gasteiger partial charge in [-0.2, -0.15) is 0 Å². The minimum absolute atomic E-state index is 0.400. The molecule has 1 heterocycles. The van der Waals surface area contributed by atoms with Gasteiger partial charge in [-0.15, -0.1) is 0 Å². The molecule has 15 heavy (non-hydrogen) atoms. The molecule has 1 saturated heterocycles. The summed E-state index contributed by atoms with van der Waals surface area (Å²) >= 11 is 0. The summed E-state index contributed by atoms with van der Waals surface area (Å²) in [7, 11) is 0. The first-order valence-corrected chi connectivity index (χ1v) is 6.72. The van der Waals surface area contributed by atoms with E-state index in [9.17, 15) is 0 Å². The van der Waals surface area contributed by atoms with Crippen LogP contribution in [0.2, 0.25) is 0 Å². The van der Waals surface area contributed by atoms with Crippen molar-refractivity contribution in [3.63, 3.8) is 0 Å². The van der Waals surface area contributed by atoms with Crippen LogP contribution in [-0.4, -0.2) is 25.2 Å². The summed E-state index contributed by atoms with van der Waals surface area (Å²) in [6.07, 6.45) is 6.50. The van der Waals surface area contributed by atoms with Gasteiger partial charge in [-0.1, -0.05) is 20.8 Å². The average molecular weight is 212 g/mol. The molecule has 2 nitrogen and oxygen atoms in total. The smallest absolute Gasteiger partial charge is 0.0173 e. The first-order chi connectivity index (χ1) is 7.26. The second-order valence-electron chi connectivity index (χ2n) is 4.93. The van der Waals surface area contributed by atoms with Gasteiger partial charge in [0.05, 0.1) is 0 Å². The van der Waals surface area contributed by atoms with E-state index in [1.165, 1.54) is 51.7 Å². The standard InChI is InChI=1S/C13H28N2/c1-4-13(5-2,6-3)15-11-12-8-7-9-14-10-12/h12,14-15H,4-11H2,1-3H3. The predicted molar refractivity (Wildman–Crippen MR) is 67.2 cm³/mol. The Kier molecular flexibility index (Phi) is 5.62. The van der Waals surface area contributed by atoms with Crippen LogP contribution in [-0.2, 0) is 0 Å². The largest absolute Gasteiger partial charge is 0.316 e. The third-order valence-electron chi connectivity index (χ3n) is 4.20. The topological polar surface area (TPSA) is 24.1 Å². The van der Waals surface area contributed by atoms with Crippen LogP contribution in [0.5, 0.6) is 0 Å². The zero-order chi connectivity index (χ0) is 11.1. The molecule has 0 radical (unpaired) electrons. The Morgan fingerprint density at radius 1 is 1.20 bits per heavy atom. The van der Waals surface area contributed by atoms with Crippen molar-refractivity contribution in [1.29, 1.82) is 0 Å². The van der Waals surface area contributed by atoms with E-state index in [0.29, 0.717) is 5.54 Å². The van der Waals surface area contributed by atoms with Gasteiger partial charge in [0, 0.05) is 5.54 Å². The molecule has 1 unspecified atom stereocenters. The first kappa shape index (κ1) is 13.0. The second-order valence-corrected chi connectivity index (χ2v) is 4.93. The van der Waals surface area contributed by atoms with Crippen molar-refractivity contribution in [3.05, 3.63) is 0 Å². The highest BCUT2D eigenvalue weighted by molar-refractivity contribution is 4.85. The summed E-state index contributed by atoms with van der Waals surface area (Å²) < 4.78 is 0. The van der Waals surface area contributed by atoms with Gasteiger partial charge in [-0.3, -0.25) is 0 Å². The van der Waals surface area contributed by atoms with Gasteiger partial charge in [0.1, 0.15) is 0 Å². The summed E-state index contributed by atoms with van der Waals surface area (Å²) in [5.74, 6) is 0.850. The van der Waals surface area contributed by atoms with E-state index in [2.05, 4.69) is 31.4 Å². The highest BCUT2D eigenvalue weighted by Crippen LogP contribution is 2.20. The van der Waals surface area contributed by atoms with Gasteiger partial charge in [0.15, 0.2) is 0 Å². The molecule has 0 aromatic rings. The van der Waals surface area contributed by atoms with Crippen LogP contribution in [0.25, 0.3) is 0 Å². The fourth-order valence-electron chi connectivity index (χ4n) is 2.58. The summed E-state index contributed by atoms with van der Waals surface area (Å²) in [5.41, 5.74) is 0.400. The van der Waals surface area contributed by atoms with Gasteiger partial charge < -0.3 is 10.6 Å².